The molecular formula is C44H33BN2O2. The van der Waals surface area contributed by atoms with Crippen LogP contribution in [0.1, 0.15) is 11.5 Å². The minimum absolute atomic E-state index is 0.0120. The van der Waals surface area contributed by atoms with Crippen LogP contribution >= 0.6 is 0 Å². The van der Waals surface area contributed by atoms with E-state index >= 15 is 0 Å². The number of fused-ring (bicyclic) bond motifs is 4. The number of anilines is 4. The van der Waals surface area contributed by atoms with Crippen molar-refractivity contribution < 1.29 is 8.83 Å². The van der Waals surface area contributed by atoms with E-state index in [1.807, 2.05) is 0 Å². The topological polar surface area (TPSA) is 32.8 Å². The first-order valence-corrected chi connectivity index (χ1v) is 16.9. The predicted octanol–water partition coefficient (Wildman–Crippen LogP) is 9.48. The van der Waals surface area contributed by atoms with E-state index in [1.165, 1.54) is 60.5 Å². The molecule has 0 atom stereocenters. The molecule has 0 saturated heterocycles. The van der Waals surface area contributed by atoms with Gasteiger partial charge in [-0.1, -0.05) is 83.1 Å². The number of benzene rings is 6. The Morgan fingerprint density at radius 2 is 0.898 bits per heavy atom. The van der Waals surface area contributed by atoms with Crippen molar-refractivity contribution >= 4 is 67.8 Å². The molecule has 0 spiro atoms. The third kappa shape index (κ3) is 3.99. The Kier molecular flexibility index (Phi) is 5.90. The second-order valence-electron chi connectivity index (χ2n) is 13.5. The van der Waals surface area contributed by atoms with Crippen LogP contribution in [-0.2, 0) is 0 Å². The summed E-state index contributed by atoms with van der Waals surface area (Å²) in [6.45, 7) is 4.22. The Bertz CT molecular complexity index is 2450. The van der Waals surface area contributed by atoms with E-state index in [0.717, 1.165) is 45.4 Å². The molecule has 2 aliphatic heterocycles. The summed E-state index contributed by atoms with van der Waals surface area (Å²) in [4.78, 5) is 4.52. The van der Waals surface area contributed by atoms with Gasteiger partial charge in [0.2, 0.25) is 6.71 Å². The highest BCUT2D eigenvalue weighted by Gasteiger charge is 2.42. The van der Waals surface area contributed by atoms with Gasteiger partial charge in [-0.2, -0.15) is 0 Å². The van der Waals surface area contributed by atoms with Gasteiger partial charge in [0.25, 0.3) is 0 Å². The lowest BCUT2D eigenvalue weighted by molar-refractivity contribution is 0.580. The maximum atomic E-state index is 6.71. The fourth-order valence-electron chi connectivity index (χ4n) is 8.47. The first kappa shape index (κ1) is 28.1. The Balaban J connectivity index is 1.32. The van der Waals surface area contributed by atoms with Gasteiger partial charge in [-0.25, -0.2) is 0 Å². The van der Waals surface area contributed by atoms with E-state index in [-0.39, 0.29) is 6.71 Å². The maximum Gasteiger partial charge on any atom is 0.245 e. The van der Waals surface area contributed by atoms with Gasteiger partial charge in [-0.05, 0) is 84.6 Å². The molecule has 49 heavy (non-hydrogen) atoms. The van der Waals surface area contributed by atoms with Gasteiger partial charge in [0.15, 0.2) is 0 Å². The Labute approximate surface area is 285 Å². The molecule has 6 aromatic carbocycles. The standard InChI is InChI=1S/C44H33BN2O2/c1-26-40-34-20-29(28-14-8-5-9-15-28)21-35-41-27(2)49-39-25-33(47(4)31-18-12-7-13-19-31)23-37(43(39)41)45(44(34)35)36-22-32(24-38(48-26)42(36)40)46(3)30-16-10-6-11-17-30/h5-25H,1-4H3. The fourth-order valence-corrected chi connectivity index (χ4v) is 8.47. The van der Waals surface area contributed by atoms with Crippen molar-refractivity contribution in [2.75, 3.05) is 23.9 Å². The number of hydrogen-bond donors (Lipinski definition) is 0. The molecule has 5 heteroatoms. The zero-order valence-electron chi connectivity index (χ0n) is 27.9. The molecule has 0 unspecified atom stereocenters. The monoisotopic (exact) mass is 632 g/mol. The van der Waals surface area contributed by atoms with E-state index in [9.17, 15) is 0 Å². The van der Waals surface area contributed by atoms with Crippen LogP contribution in [0.25, 0.3) is 55.3 Å². The molecule has 4 nitrogen and oxygen atoms in total. The average molecular weight is 633 g/mol. The van der Waals surface area contributed by atoms with Crippen LogP contribution in [0.15, 0.2) is 136 Å². The molecule has 0 N–H and O–H groups in total. The highest BCUT2D eigenvalue weighted by molar-refractivity contribution is 7.01. The third-order valence-electron chi connectivity index (χ3n) is 10.8. The Hall–Kier alpha value is -5.94. The summed E-state index contributed by atoms with van der Waals surface area (Å²) in [5.74, 6) is 1.89. The lowest BCUT2D eigenvalue weighted by Gasteiger charge is -2.33. The second-order valence-corrected chi connectivity index (χ2v) is 13.5. The van der Waals surface area contributed by atoms with Crippen molar-refractivity contribution in [1.82, 2.24) is 0 Å². The predicted molar refractivity (Wildman–Crippen MR) is 205 cm³/mol. The minimum atomic E-state index is -0.0120. The summed E-state index contributed by atoms with van der Waals surface area (Å²) in [6.07, 6.45) is 0. The van der Waals surface area contributed by atoms with Gasteiger partial charge in [0.1, 0.15) is 22.7 Å². The van der Waals surface area contributed by atoms with E-state index in [0.29, 0.717) is 0 Å². The summed E-state index contributed by atoms with van der Waals surface area (Å²) < 4.78 is 13.4. The zero-order valence-corrected chi connectivity index (χ0v) is 27.9. The number of furan rings is 2. The first-order valence-electron chi connectivity index (χ1n) is 16.9. The molecule has 0 aliphatic carbocycles. The summed E-state index contributed by atoms with van der Waals surface area (Å²) in [5, 5.41) is 2.41. The van der Waals surface area contributed by atoms with Crippen molar-refractivity contribution in [3.63, 3.8) is 0 Å². The molecule has 2 aromatic heterocycles. The van der Waals surface area contributed by atoms with Gasteiger partial charge in [-0.15, -0.1) is 0 Å². The molecule has 10 rings (SSSR count). The molecule has 2 aliphatic rings. The van der Waals surface area contributed by atoms with Crippen molar-refractivity contribution in [2.45, 2.75) is 13.8 Å². The van der Waals surface area contributed by atoms with Gasteiger partial charge >= 0.3 is 0 Å². The van der Waals surface area contributed by atoms with Crippen LogP contribution in [0.2, 0.25) is 0 Å². The lowest BCUT2D eigenvalue weighted by atomic mass is 9.31. The van der Waals surface area contributed by atoms with E-state index in [2.05, 4.69) is 165 Å². The summed E-state index contributed by atoms with van der Waals surface area (Å²) in [7, 11) is 4.28. The number of nitrogens with zero attached hydrogens (tertiary/aromatic N) is 2. The quantitative estimate of drug-likeness (QED) is 0.177. The summed E-state index contributed by atoms with van der Waals surface area (Å²) in [5.41, 5.74) is 17.5. The molecule has 4 heterocycles. The molecule has 0 amide bonds. The van der Waals surface area contributed by atoms with Crippen LogP contribution in [0, 0.1) is 13.8 Å². The van der Waals surface area contributed by atoms with E-state index in [1.54, 1.807) is 0 Å². The molecule has 8 aromatic rings. The summed E-state index contributed by atoms with van der Waals surface area (Å²) >= 11 is 0. The molecule has 0 radical (unpaired) electrons. The van der Waals surface area contributed by atoms with Gasteiger partial charge in [0.05, 0.1) is 0 Å². The van der Waals surface area contributed by atoms with Crippen LogP contribution < -0.4 is 26.2 Å². The van der Waals surface area contributed by atoms with Gasteiger partial charge < -0.3 is 18.6 Å². The first-order chi connectivity index (χ1) is 24.0. The number of rotatable bonds is 5. The van der Waals surface area contributed by atoms with Crippen molar-refractivity contribution in [1.29, 1.82) is 0 Å². The minimum Gasteiger partial charge on any atom is -0.461 e. The van der Waals surface area contributed by atoms with Gasteiger partial charge in [0, 0.05) is 70.9 Å². The normalized spacial score (nSPS) is 12.4. The van der Waals surface area contributed by atoms with Crippen LogP contribution in [0.4, 0.5) is 22.7 Å². The molecule has 234 valence electrons. The van der Waals surface area contributed by atoms with E-state index < -0.39 is 0 Å². The Morgan fingerprint density at radius 1 is 0.469 bits per heavy atom. The van der Waals surface area contributed by atoms with Crippen molar-refractivity contribution in [2.24, 2.45) is 0 Å². The lowest BCUT2D eigenvalue weighted by Crippen LogP contribution is -2.57. The third-order valence-corrected chi connectivity index (χ3v) is 10.8. The largest absolute Gasteiger partial charge is 0.461 e. The molecular weight excluding hydrogens is 599 g/mol. The summed E-state index contributed by atoms with van der Waals surface area (Å²) in [6, 6.07) is 45.8. The van der Waals surface area contributed by atoms with Crippen LogP contribution in [-0.4, -0.2) is 20.8 Å². The molecule has 0 fully saturated rings. The smallest absolute Gasteiger partial charge is 0.245 e. The maximum absolute atomic E-state index is 6.71. The van der Waals surface area contributed by atoms with E-state index in [4.69, 9.17) is 8.83 Å². The van der Waals surface area contributed by atoms with Crippen molar-refractivity contribution in [3.05, 3.63) is 139 Å². The van der Waals surface area contributed by atoms with Crippen LogP contribution in [0.5, 0.6) is 0 Å². The SMILES string of the molecule is Cc1oc2cc(N(C)c3ccccc3)cc3c2c1-c1cc(-c2ccccc2)cc2c1B3c1cc(N(C)c3ccccc3)cc3oc(C)c-2c13. The highest BCUT2D eigenvalue weighted by atomic mass is 16.3. The average Bonchev–Trinajstić information content (AvgIpc) is 3.67. The number of aryl methyl sites for hydroxylation is 2. The van der Waals surface area contributed by atoms with Crippen LogP contribution in [0.3, 0.4) is 0 Å². The molecule has 0 saturated carbocycles. The number of para-hydroxylation sites is 2. The zero-order chi connectivity index (χ0) is 33.0. The Morgan fingerprint density at radius 3 is 1.35 bits per heavy atom. The van der Waals surface area contributed by atoms with Crippen molar-refractivity contribution in [3.8, 4) is 33.4 Å². The second kappa shape index (κ2) is 10.3. The molecule has 0 bridgehead atoms. The fraction of sp³-hybridized carbons (Fsp3) is 0.0909. The highest BCUT2D eigenvalue weighted by Crippen LogP contribution is 2.46. The number of hydrogen-bond acceptors (Lipinski definition) is 4. The van der Waals surface area contributed by atoms with Gasteiger partial charge in [-0.3, -0.25) is 0 Å².